The highest BCUT2D eigenvalue weighted by atomic mass is 16.4. The predicted octanol–water partition coefficient (Wildman–Crippen LogP) is 2.82. The standard InChI is InChI=1S/C24H25N3O3/c1-15-22(28)11-10-20-18(12-23(29)30-24(15)20)13-26(4)14-21-16(2)25-27(17(21)3)19-8-6-5-7-9-19/h5-12,28H,13-14H2,1-4H3/p+1. The number of nitrogens with one attached hydrogen (secondary N) is 1. The van der Waals surface area contributed by atoms with Gasteiger partial charge in [0.2, 0.25) is 0 Å². The minimum absolute atomic E-state index is 0.128. The first-order valence-electron chi connectivity index (χ1n) is 10.0. The van der Waals surface area contributed by atoms with E-state index in [1.54, 1.807) is 19.1 Å². The minimum atomic E-state index is -0.400. The van der Waals surface area contributed by atoms with Gasteiger partial charge in [-0.1, -0.05) is 18.2 Å². The molecule has 0 fully saturated rings. The van der Waals surface area contributed by atoms with E-state index in [1.807, 2.05) is 48.0 Å². The highest BCUT2D eigenvalue weighted by molar-refractivity contribution is 5.84. The highest BCUT2D eigenvalue weighted by Crippen LogP contribution is 2.27. The smallest absolute Gasteiger partial charge is 0.336 e. The maximum atomic E-state index is 12.1. The number of fused-ring (bicyclic) bond motifs is 1. The Balaban J connectivity index is 1.64. The van der Waals surface area contributed by atoms with Crippen molar-refractivity contribution < 1.29 is 14.4 Å². The molecule has 6 nitrogen and oxygen atoms in total. The second-order valence-corrected chi connectivity index (χ2v) is 7.88. The molecule has 0 saturated carbocycles. The zero-order valence-corrected chi connectivity index (χ0v) is 17.7. The number of aryl methyl sites for hydroxylation is 2. The maximum absolute atomic E-state index is 12.1. The lowest BCUT2D eigenvalue weighted by Gasteiger charge is -2.16. The topological polar surface area (TPSA) is 72.7 Å². The summed E-state index contributed by atoms with van der Waals surface area (Å²) in [6, 6.07) is 15.1. The van der Waals surface area contributed by atoms with Crippen LogP contribution >= 0.6 is 0 Å². The van der Waals surface area contributed by atoms with Crippen LogP contribution in [0.15, 0.2) is 57.7 Å². The van der Waals surface area contributed by atoms with Crippen molar-refractivity contribution in [3.05, 3.63) is 87.0 Å². The molecule has 6 heteroatoms. The summed E-state index contributed by atoms with van der Waals surface area (Å²) in [7, 11) is 2.10. The third kappa shape index (κ3) is 3.62. The summed E-state index contributed by atoms with van der Waals surface area (Å²) in [6.07, 6.45) is 0. The molecule has 30 heavy (non-hydrogen) atoms. The summed E-state index contributed by atoms with van der Waals surface area (Å²) < 4.78 is 7.35. The van der Waals surface area contributed by atoms with Gasteiger partial charge in [0.05, 0.1) is 29.7 Å². The molecule has 2 N–H and O–H groups in total. The lowest BCUT2D eigenvalue weighted by molar-refractivity contribution is -0.907. The number of nitrogens with zero attached hydrogens (tertiary/aromatic N) is 2. The summed E-state index contributed by atoms with van der Waals surface area (Å²) in [6.45, 7) is 7.32. The second kappa shape index (κ2) is 7.80. The molecule has 0 bridgehead atoms. The Bertz CT molecular complexity index is 1270. The number of phenols is 1. The molecular formula is C24H26N3O3+. The van der Waals surface area contributed by atoms with Crippen LogP contribution < -0.4 is 10.5 Å². The van der Waals surface area contributed by atoms with Gasteiger partial charge in [-0.2, -0.15) is 5.10 Å². The van der Waals surface area contributed by atoms with Crippen LogP contribution in [-0.4, -0.2) is 21.9 Å². The molecule has 4 rings (SSSR count). The molecule has 2 aromatic carbocycles. The average molecular weight is 404 g/mol. The quantitative estimate of drug-likeness (QED) is 0.502. The number of hydrogen-bond donors (Lipinski definition) is 2. The predicted molar refractivity (Wildman–Crippen MR) is 116 cm³/mol. The molecule has 1 atom stereocenters. The van der Waals surface area contributed by atoms with E-state index in [-0.39, 0.29) is 5.75 Å². The minimum Gasteiger partial charge on any atom is -0.508 e. The third-order valence-corrected chi connectivity index (χ3v) is 5.63. The van der Waals surface area contributed by atoms with Crippen molar-refractivity contribution in [3.63, 3.8) is 0 Å². The van der Waals surface area contributed by atoms with Gasteiger partial charge in [-0.25, -0.2) is 9.48 Å². The SMILES string of the molecule is Cc1nn(-c2ccccc2)c(C)c1C[NH+](C)Cc1cc(=O)oc2c(C)c(O)ccc12. The number of quaternary nitrogens is 1. The molecule has 0 aliphatic heterocycles. The van der Waals surface area contributed by atoms with Gasteiger partial charge in [0.25, 0.3) is 0 Å². The van der Waals surface area contributed by atoms with Crippen molar-refractivity contribution in [2.24, 2.45) is 0 Å². The fourth-order valence-electron chi connectivity index (χ4n) is 4.00. The number of rotatable bonds is 5. The number of aromatic hydroxyl groups is 1. The fraction of sp³-hybridized carbons (Fsp3) is 0.250. The van der Waals surface area contributed by atoms with Crippen LogP contribution in [0.4, 0.5) is 0 Å². The molecule has 4 aromatic rings. The zero-order chi connectivity index (χ0) is 21.4. The van der Waals surface area contributed by atoms with Gasteiger partial charge in [-0.3, -0.25) is 0 Å². The first-order valence-corrected chi connectivity index (χ1v) is 10.0. The Hall–Kier alpha value is -3.38. The summed E-state index contributed by atoms with van der Waals surface area (Å²) in [5, 5.41) is 15.6. The summed E-state index contributed by atoms with van der Waals surface area (Å²) >= 11 is 0. The van der Waals surface area contributed by atoms with Crippen molar-refractivity contribution in [2.75, 3.05) is 7.05 Å². The first-order chi connectivity index (χ1) is 14.3. The molecule has 2 aromatic heterocycles. The van der Waals surface area contributed by atoms with Gasteiger partial charge in [0.1, 0.15) is 24.4 Å². The molecule has 0 saturated heterocycles. The normalized spacial score (nSPS) is 12.4. The van der Waals surface area contributed by atoms with Gasteiger partial charge >= 0.3 is 5.63 Å². The number of para-hydroxylation sites is 1. The molecule has 0 spiro atoms. The Kier molecular flexibility index (Phi) is 5.18. The monoisotopic (exact) mass is 404 g/mol. The van der Waals surface area contributed by atoms with Gasteiger partial charge in [-0.05, 0) is 45.0 Å². The summed E-state index contributed by atoms with van der Waals surface area (Å²) in [5.74, 6) is 0.128. The number of phenolic OH excluding ortho intramolecular Hbond substituents is 1. The van der Waals surface area contributed by atoms with Crippen LogP contribution in [-0.2, 0) is 13.1 Å². The molecular weight excluding hydrogens is 378 g/mol. The van der Waals surface area contributed by atoms with E-state index in [2.05, 4.69) is 14.0 Å². The van der Waals surface area contributed by atoms with Crippen LogP contribution in [0.25, 0.3) is 16.7 Å². The van der Waals surface area contributed by atoms with Crippen LogP contribution in [0.3, 0.4) is 0 Å². The Morgan fingerprint density at radius 1 is 1.07 bits per heavy atom. The van der Waals surface area contributed by atoms with Crippen LogP contribution in [0.2, 0.25) is 0 Å². The Labute approximate surface area is 175 Å². The van der Waals surface area contributed by atoms with E-state index >= 15 is 0 Å². The van der Waals surface area contributed by atoms with Crippen molar-refractivity contribution in [2.45, 2.75) is 33.9 Å². The van der Waals surface area contributed by atoms with E-state index in [1.165, 1.54) is 10.5 Å². The second-order valence-electron chi connectivity index (χ2n) is 7.88. The number of benzene rings is 2. The lowest BCUT2D eigenvalue weighted by Crippen LogP contribution is -3.06. The largest absolute Gasteiger partial charge is 0.508 e. The van der Waals surface area contributed by atoms with Crippen molar-refractivity contribution in [3.8, 4) is 11.4 Å². The van der Waals surface area contributed by atoms with E-state index in [0.717, 1.165) is 34.6 Å². The van der Waals surface area contributed by atoms with Crippen molar-refractivity contribution in [1.82, 2.24) is 9.78 Å². The molecule has 0 radical (unpaired) electrons. The maximum Gasteiger partial charge on any atom is 0.336 e. The van der Waals surface area contributed by atoms with Gasteiger partial charge in [-0.15, -0.1) is 0 Å². The molecule has 0 aliphatic rings. The molecule has 154 valence electrons. The molecule has 0 amide bonds. The number of hydrogen-bond acceptors (Lipinski definition) is 4. The lowest BCUT2D eigenvalue weighted by atomic mass is 10.1. The van der Waals surface area contributed by atoms with Gasteiger partial charge in [0, 0.05) is 22.6 Å². The van der Waals surface area contributed by atoms with Crippen LogP contribution in [0.1, 0.15) is 28.1 Å². The Morgan fingerprint density at radius 3 is 2.53 bits per heavy atom. The van der Waals surface area contributed by atoms with E-state index in [9.17, 15) is 9.90 Å². The number of aromatic nitrogens is 2. The van der Waals surface area contributed by atoms with E-state index < -0.39 is 5.63 Å². The zero-order valence-electron chi connectivity index (χ0n) is 17.7. The van der Waals surface area contributed by atoms with E-state index in [4.69, 9.17) is 9.52 Å². The van der Waals surface area contributed by atoms with Crippen LogP contribution in [0, 0.1) is 20.8 Å². The average Bonchev–Trinajstić information content (AvgIpc) is 3.00. The molecule has 1 unspecified atom stereocenters. The van der Waals surface area contributed by atoms with Gasteiger partial charge < -0.3 is 14.4 Å². The Morgan fingerprint density at radius 2 is 1.80 bits per heavy atom. The first kappa shape index (κ1) is 19.9. The van der Waals surface area contributed by atoms with Crippen LogP contribution in [0.5, 0.6) is 5.75 Å². The summed E-state index contributed by atoms with van der Waals surface area (Å²) in [5.41, 5.74) is 5.93. The summed E-state index contributed by atoms with van der Waals surface area (Å²) in [4.78, 5) is 13.3. The third-order valence-electron chi connectivity index (χ3n) is 5.63. The fourth-order valence-corrected chi connectivity index (χ4v) is 4.00. The van der Waals surface area contributed by atoms with Gasteiger partial charge in [0.15, 0.2) is 0 Å². The van der Waals surface area contributed by atoms with Crippen molar-refractivity contribution >= 4 is 11.0 Å². The van der Waals surface area contributed by atoms with Crippen molar-refractivity contribution in [1.29, 1.82) is 0 Å². The molecule has 0 aliphatic carbocycles. The molecule has 2 heterocycles. The highest BCUT2D eigenvalue weighted by Gasteiger charge is 2.19. The van der Waals surface area contributed by atoms with E-state index in [0.29, 0.717) is 17.7 Å².